The lowest BCUT2D eigenvalue weighted by molar-refractivity contribution is -0.385. The van der Waals surface area contributed by atoms with Crippen LogP contribution in [0.3, 0.4) is 0 Å². The minimum absolute atomic E-state index is 0.112. The van der Waals surface area contributed by atoms with E-state index in [4.69, 9.17) is 0 Å². The molecule has 0 aliphatic carbocycles. The number of carbonyl (C=O) groups excluding carboxylic acids is 1. The largest absolute Gasteiger partial charge is 0.508 e. The Morgan fingerprint density at radius 3 is 2.89 bits per heavy atom. The lowest BCUT2D eigenvalue weighted by Crippen LogP contribution is -2.20. The molecule has 6 nitrogen and oxygen atoms in total. The molecule has 0 fully saturated rings. The molecule has 1 amide bonds. The summed E-state index contributed by atoms with van der Waals surface area (Å²) in [6, 6.07) is 3.97. The van der Waals surface area contributed by atoms with E-state index in [1.807, 2.05) is 0 Å². The maximum absolute atomic E-state index is 10.8. The minimum atomic E-state index is -0.548. The van der Waals surface area contributed by atoms with Crippen molar-refractivity contribution in [3.8, 4) is 5.75 Å². The Morgan fingerprint density at radius 2 is 2.28 bits per heavy atom. The molecule has 0 aliphatic heterocycles. The quantitative estimate of drug-likeness (QED) is 0.473. The van der Waals surface area contributed by atoms with E-state index in [1.54, 1.807) is 12.2 Å². The average Bonchev–Trinajstić information content (AvgIpc) is 2.29. The van der Waals surface area contributed by atoms with Crippen molar-refractivity contribution in [1.82, 2.24) is 5.32 Å². The fraction of sp³-hybridized carbons (Fsp3) is 0.250. The molecule has 6 heteroatoms. The summed E-state index contributed by atoms with van der Waals surface area (Å²) in [5, 5.41) is 22.6. The molecule has 2 N–H and O–H groups in total. The Bertz CT molecular complexity index is 483. The lowest BCUT2D eigenvalue weighted by atomic mass is 10.1. The second-order valence-corrected chi connectivity index (χ2v) is 3.67. The maximum atomic E-state index is 10.8. The molecule has 1 aromatic carbocycles. The van der Waals surface area contributed by atoms with Gasteiger partial charge in [0.05, 0.1) is 16.6 Å². The molecule has 96 valence electrons. The van der Waals surface area contributed by atoms with E-state index in [2.05, 4.69) is 5.32 Å². The zero-order valence-electron chi connectivity index (χ0n) is 9.92. The Balaban J connectivity index is 2.69. The van der Waals surface area contributed by atoms with Gasteiger partial charge < -0.3 is 10.4 Å². The number of benzene rings is 1. The van der Waals surface area contributed by atoms with E-state index in [0.29, 0.717) is 18.5 Å². The highest BCUT2D eigenvalue weighted by molar-refractivity contribution is 5.72. The van der Waals surface area contributed by atoms with Crippen LogP contribution in [0.15, 0.2) is 24.3 Å². The molecule has 0 radical (unpaired) electrons. The average molecular weight is 250 g/mol. The predicted octanol–water partition coefficient (Wildman–Crippen LogP) is 1.84. The lowest BCUT2D eigenvalue weighted by Gasteiger charge is -1.99. The minimum Gasteiger partial charge on any atom is -0.508 e. The second-order valence-electron chi connectivity index (χ2n) is 3.67. The summed E-state index contributed by atoms with van der Waals surface area (Å²) in [4.78, 5) is 20.8. The molecule has 0 bridgehead atoms. The molecule has 0 saturated carbocycles. The Morgan fingerprint density at radius 1 is 1.56 bits per heavy atom. The Labute approximate surface area is 104 Å². The Kier molecular flexibility index (Phi) is 4.86. The molecular formula is C12H14N2O4. The molecule has 0 aromatic heterocycles. The van der Waals surface area contributed by atoms with E-state index in [9.17, 15) is 20.0 Å². The number of aromatic hydroxyl groups is 1. The molecule has 0 unspecified atom stereocenters. The van der Waals surface area contributed by atoms with Gasteiger partial charge in [-0.3, -0.25) is 14.9 Å². The summed E-state index contributed by atoms with van der Waals surface area (Å²) in [5.74, 6) is -0.254. The molecule has 0 heterocycles. The van der Waals surface area contributed by atoms with Crippen LogP contribution in [0.5, 0.6) is 5.75 Å². The first-order valence-corrected chi connectivity index (χ1v) is 5.39. The van der Waals surface area contributed by atoms with Crippen molar-refractivity contribution in [3.63, 3.8) is 0 Å². The number of hydrogen-bond donors (Lipinski definition) is 2. The van der Waals surface area contributed by atoms with Crippen LogP contribution in [0.25, 0.3) is 6.08 Å². The van der Waals surface area contributed by atoms with Gasteiger partial charge in [0.25, 0.3) is 5.69 Å². The van der Waals surface area contributed by atoms with Crippen molar-refractivity contribution in [2.45, 2.75) is 13.3 Å². The molecule has 1 aromatic rings. The number of amides is 1. The highest BCUT2D eigenvalue weighted by Crippen LogP contribution is 2.24. The second kappa shape index (κ2) is 6.39. The van der Waals surface area contributed by atoms with Gasteiger partial charge in [-0.15, -0.1) is 0 Å². The van der Waals surface area contributed by atoms with Crippen molar-refractivity contribution >= 4 is 17.7 Å². The van der Waals surface area contributed by atoms with Gasteiger partial charge in [0, 0.05) is 13.5 Å². The molecule has 0 saturated heterocycles. The maximum Gasteiger partial charge on any atom is 0.280 e. The number of nitro benzene ring substituents is 1. The van der Waals surface area contributed by atoms with E-state index >= 15 is 0 Å². The van der Waals surface area contributed by atoms with Crippen molar-refractivity contribution in [1.29, 1.82) is 0 Å². The summed E-state index contributed by atoms with van der Waals surface area (Å²) in [5.41, 5.74) is 0.270. The van der Waals surface area contributed by atoms with Crippen LogP contribution in [0.4, 0.5) is 5.69 Å². The van der Waals surface area contributed by atoms with Crippen LogP contribution in [0, 0.1) is 10.1 Å². The van der Waals surface area contributed by atoms with E-state index < -0.39 is 4.92 Å². The van der Waals surface area contributed by atoms with Crippen LogP contribution in [0.2, 0.25) is 0 Å². The van der Waals surface area contributed by atoms with E-state index in [1.165, 1.54) is 19.1 Å². The summed E-state index contributed by atoms with van der Waals surface area (Å²) < 4.78 is 0. The highest BCUT2D eigenvalue weighted by atomic mass is 16.6. The third kappa shape index (κ3) is 4.25. The van der Waals surface area contributed by atoms with Crippen LogP contribution in [-0.2, 0) is 4.79 Å². The molecule has 0 atom stereocenters. The van der Waals surface area contributed by atoms with Gasteiger partial charge >= 0.3 is 0 Å². The SMILES string of the molecule is CC(=O)NCCC=Cc1ccc(O)cc1[N+](=O)[O-]. The smallest absolute Gasteiger partial charge is 0.280 e. The van der Waals surface area contributed by atoms with Crippen molar-refractivity contribution in [2.75, 3.05) is 6.54 Å². The number of carbonyl (C=O) groups is 1. The third-order valence-electron chi connectivity index (χ3n) is 2.19. The molecule has 0 spiro atoms. The summed E-state index contributed by atoms with van der Waals surface area (Å²) in [7, 11) is 0. The van der Waals surface area contributed by atoms with E-state index in [0.717, 1.165) is 6.07 Å². The van der Waals surface area contributed by atoms with Crippen molar-refractivity contribution in [2.24, 2.45) is 0 Å². The van der Waals surface area contributed by atoms with Crippen molar-refractivity contribution < 1.29 is 14.8 Å². The number of nitrogens with one attached hydrogen (secondary N) is 1. The summed E-state index contributed by atoms with van der Waals surface area (Å²) in [6.07, 6.45) is 3.91. The van der Waals surface area contributed by atoms with Crippen LogP contribution in [0.1, 0.15) is 18.9 Å². The normalized spacial score (nSPS) is 10.5. The van der Waals surface area contributed by atoms with Crippen molar-refractivity contribution in [3.05, 3.63) is 40.0 Å². The van der Waals surface area contributed by atoms with Gasteiger partial charge in [-0.2, -0.15) is 0 Å². The summed E-state index contributed by atoms with van der Waals surface area (Å²) >= 11 is 0. The van der Waals surface area contributed by atoms with Gasteiger partial charge in [-0.05, 0) is 18.6 Å². The van der Waals surface area contributed by atoms with Gasteiger partial charge in [-0.25, -0.2) is 0 Å². The zero-order valence-corrected chi connectivity index (χ0v) is 9.92. The standard InChI is InChI=1S/C12H14N2O4/c1-9(15)13-7-3-2-4-10-5-6-11(16)8-12(10)14(17)18/h2,4-6,8,16H,3,7H2,1H3,(H,13,15). The van der Waals surface area contributed by atoms with E-state index in [-0.39, 0.29) is 17.3 Å². The first-order valence-electron chi connectivity index (χ1n) is 5.39. The van der Waals surface area contributed by atoms with Crippen LogP contribution >= 0.6 is 0 Å². The number of rotatable bonds is 5. The number of nitro groups is 1. The molecule has 1 rings (SSSR count). The zero-order chi connectivity index (χ0) is 13.5. The predicted molar refractivity (Wildman–Crippen MR) is 67.1 cm³/mol. The number of hydrogen-bond acceptors (Lipinski definition) is 4. The molecule has 18 heavy (non-hydrogen) atoms. The Hall–Kier alpha value is -2.37. The summed E-state index contributed by atoms with van der Waals surface area (Å²) in [6.45, 7) is 1.91. The van der Waals surface area contributed by atoms with Gasteiger partial charge in [0.15, 0.2) is 0 Å². The topological polar surface area (TPSA) is 92.5 Å². The fourth-order valence-corrected chi connectivity index (χ4v) is 1.37. The molecular weight excluding hydrogens is 236 g/mol. The van der Waals surface area contributed by atoms with Gasteiger partial charge in [0.2, 0.25) is 5.91 Å². The monoisotopic (exact) mass is 250 g/mol. The first-order chi connectivity index (χ1) is 8.50. The highest BCUT2D eigenvalue weighted by Gasteiger charge is 2.11. The molecule has 0 aliphatic rings. The van der Waals surface area contributed by atoms with Crippen LogP contribution in [-0.4, -0.2) is 22.5 Å². The third-order valence-corrected chi connectivity index (χ3v) is 2.19. The number of nitrogens with zero attached hydrogens (tertiary/aromatic N) is 1. The first kappa shape index (κ1) is 13.7. The number of phenols is 1. The van der Waals surface area contributed by atoms with Gasteiger partial charge in [0.1, 0.15) is 5.75 Å². The van der Waals surface area contributed by atoms with Crippen LogP contribution < -0.4 is 5.32 Å². The fourth-order valence-electron chi connectivity index (χ4n) is 1.37. The number of phenolic OH excluding ortho intramolecular Hbond substituents is 1. The van der Waals surface area contributed by atoms with Gasteiger partial charge in [-0.1, -0.05) is 12.2 Å².